The molecular weight excluding hydrogens is 579 g/mol. The van der Waals surface area contributed by atoms with Crippen LogP contribution >= 0.6 is 23.8 Å². The summed E-state index contributed by atoms with van der Waals surface area (Å²) in [6.45, 7) is 6.15. The van der Waals surface area contributed by atoms with Crippen LogP contribution in [0.2, 0.25) is 5.02 Å². The van der Waals surface area contributed by atoms with Crippen molar-refractivity contribution in [3.63, 3.8) is 0 Å². The van der Waals surface area contributed by atoms with E-state index in [1.54, 1.807) is 6.07 Å². The molecule has 3 aromatic rings. The van der Waals surface area contributed by atoms with Gasteiger partial charge in [0.2, 0.25) is 5.95 Å². The lowest BCUT2D eigenvalue weighted by atomic mass is 9.94. The van der Waals surface area contributed by atoms with Crippen LogP contribution in [0.25, 0.3) is 5.69 Å². The van der Waals surface area contributed by atoms with E-state index in [-0.39, 0.29) is 22.8 Å². The number of hydrogen-bond donors (Lipinski definition) is 3. The summed E-state index contributed by atoms with van der Waals surface area (Å²) < 4.78 is 42.5. The van der Waals surface area contributed by atoms with Crippen molar-refractivity contribution in [2.24, 2.45) is 5.92 Å². The number of carbonyl (C=O) groups excluding carboxylic acids is 1. The van der Waals surface area contributed by atoms with E-state index >= 15 is 0 Å². The van der Waals surface area contributed by atoms with Gasteiger partial charge in [0.1, 0.15) is 12.1 Å². The lowest BCUT2D eigenvalue weighted by Crippen LogP contribution is -2.42. The molecule has 2 amide bonds. The van der Waals surface area contributed by atoms with E-state index in [1.807, 2.05) is 12.1 Å². The van der Waals surface area contributed by atoms with Crippen LogP contribution in [0.15, 0.2) is 48.8 Å². The van der Waals surface area contributed by atoms with Gasteiger partial charge in [0, 0.05) is 30.3 Å². The quantitative estimate of drug-likeness (QED) is 0.260. The highest BCUT2D eigenvalue weighted by molar-refractivity contribution is 7.80. The molecule has 2 heterocycles. The molecule has 9 nitrogen and oxygen atoms in total. The van der Waals surface area contributed by atoms with Crippen LogP contribution in [0.3, 0.4) is 0 Å². The van der Waals surface area contributed by atoms with E-state index in [4.69, 9.17) is 23.8 Å². The zero-order valence-electron chi connectivity index (χ0n) is 22.5. The number of piperidine rings is 1. The van der Waals surface area contributed by atoms with E-state index in [0.29, 0.717) is 29.1 Å². The molecule has 0 spiro atoms. The van der Waals surface area contributed by atoms with Gasteiger partial charge in [-0.2, -0.15) is 4.98 Å². The van der Waals surface area contributed by atoms with Crippen molar-refractivity contribution in [2.45, 2.75) is 45.4 Å². The maximum atomic E-state index is 12.4. The number of nitrogens with one attached hydrogen (secondary N) is 3. The second kappa shape index (κ2) is 13.4. The van der Waals surface area contributed by atoms with Crippen molar-refractivity contribution in [2.75, 3.05) is 29.9 Å². The van der Waals surface area contributed by atoms with Crippen molar-refractivity contribution >= 4 is 46.6 Å². The van der Waals surface area contributed by atoms with Gasteiger partial charge in [0.15, 0.2) is 5.11 Å². The molecule has 2 aromatic carbocycles. The normalized spacial score (nSPS) is 14.2. The molecule has 1 aliphatic heterocycles. The van der Waals surface area contributed by atoms with E-state index in [9.17, 15) is 18.0 Å². The number of amides is 2. The average molecular weight is 610 g/mol. The summed E-state index contributed by atoms with van der Waals surface area (Å²) in [4.78, 5) is 18.8. The first kappa shape index (κ1) is 30.4. The second-order valence-electron chi connectivity index (χ2n) is 9.97. The summed E-state index contributed by atoms with van der Waals surface area (Å²) in [6.07, 6.45) is -0.570. The number of carbonyl (C=O) groups is 1. The maximum Gasteiger partial charge on any atom is 0.573 e. The van der Waals surface area contributed by atoms with E-state index in [0.717, 1.165) is 43.6 Å². The topological polar surface area (TPSA) is 96.3 Å². The molecular formula is C27H31ClF3N7O2S. The first-order valence-electron chi connectivity index (χ1n) is 13.1. The highest BCUT2D eigenvalue weighted by Crippen LogP contribution is 2.28. The van der Waals surface area contributed by atoms with Crippen LogP contribution in [-0.2, 0) is 0 Å². The molecule has 1 aliphatic rings. The van der Waals surface area contributed by atoms with Crippen molar-refractivity contribution in [3.05, 3.63) is 59.4 Å². The highest BCUT2D eigenvalue weighted by atomic mass is 35.5. The Balaban J connectivity index is 1.17. The Morgan fingerprint density at radius 1 is 1.17 bits per heavy atom. The zero-order chi connectivity index (χ0) is 29.6. The van der Waals surface area contributed by atoms with Gasteiger partial charge in [-0.1, -0.05) is 31.5 Å². The summed E-state index contributed by atoms with van der Waals surface area (Å²) in [5.41, 5.74) is 2.37. The van der Waals surface area contributed by atoms with Crippen molar-refractivity contribution in [3.8, 4) is 11.4 Å². The van der Waals surface area contributed by atoms with Crippen molar-refractivity contribution < 1.29 is 22.7 Å². The third-order valence-corrected chi connectivity index (χ3v) is 7.10. The van der Waals surface area contributed by atoms with Gasteiger partial charge in [0.05, 0.1) is 5.69 Å². The SMILES string of the molecule is CC(C)c1ccc(Cl)cc1NC(=S)NC(=O)NCCC1CCN(c2ncn(-c3ccc(OC(F)(F)F)cc3)n2)CC1. The third-order valence-electron chi connectivity index (χ3n) is 6.66. The third kappa shape index (κ3) is 8.95. The first-order chi connectivity index (χ1) is 19.5. The summed E-state index contributed by atoms with van der Waals surface area (Å²) in [5, 5.41) is 13.8. The minimum Gasteiger partial charge on any atom is -0.406 e. The molecule has 1 aromatic heterocycles. The van der Waals surface area contributed by atoms with Gasteiger partial charge in [-0.25, -0.2) is 9.48 Å². The molecule has 4 rings (SSSR count). The van der Waals surface area contributed by atoms with Gasteiger partial charge in [-0.15, -0.1) is 18.3 Å². The van der Waals surface area contributed by atoms with Crippen LogP contribution in [0, 0.1) is 5.92 Å². The molecule has 3 N–H and O–H groups in total. The molecule has 0 saturated carbocycles. The maximum absolute atomic E-state index is 12.4. The van der Waals surface area contributed by atoms with Crippen molar-refractivity contribution in [1.82, 2.24) is 25.4 Å². The van der Waals surface area contributed by atoms with E-state index < -0.39 is 6.36 Å². The predicted molar refractivity (Wildman–Crippen MR) is 156 cm³/mol. The van der Waals surface area contributed by atoms with Crippen LogP contribution in [0.1, 0.15) is 44.6 Å². The Morgan fingerprint density at radius 3 is 2.54 bits per heavy atom. The molecule has 0 unspecified atom stereocenters. The Bertz CT molecular complexity index is 1340. The fourth-order valence-electron chi connectivity index (χ4n) is 4.58. The number of aromatic nitrogens is 3. The monoisotopic (exact) mass is 609 g/mol. The number of thiocarbonyl (C=S) groups is 1. The number of alkyl halides is 3. The molecule has 1 fully saturated rings. The fourth-order valence-corrected chi connectivity index (χ4v) is 4.95. The zero-order valence-corrected chi connectivity index (χ0v) is 24.1. The van der Waals surface area contributed by atoms with Gasteiger partial charge in [-0.05, 0) is 85.3 Å². The predicted octanol–water partition coefficient (Wildman–Crippen LogP) is 6.25. The van der Waals surface area contributed by atoms with Gasteiger partial charge >= 0.3 is 12.4 Å². The number of rotatable bonds is 8. The number of benzene rings is 2. The Hall–Kier alpha value is -3.58. The number of hydrogen-bond acceptors (Lipinski definition) is 6. The molecule has 0 atom stereocenters. The number of nitrogens with zero attached hydrogens (tertiary/aromatic N) is 4. The molecule has 41 heavy (non-hydrogen) atoms. The number of ether oxygens (including phenoxy) is 1. The molecule has 0 radical (unpaired) electrons. The molecule has 0 bridgehead atoms. The molecule has 0 aliphatic carbocycles. The van der Waals surface area contributed by atoms with Gasteiger partial charge in [-0.3, -0.25) is 5.32 Å². The number of anilines is 2. The lowest BCUT2D eigenvalue weighted by molar-refractivity contribution is -0.274. The summed E-state index contributed by atoms with van der Waals surface area (Å²) in [6, 6.07) is 10.6. The molecule has 220 valence electrons. The Morgan fingerprint density at radius 2 is 1.88 bits per heavy atom. The van der Waals surface area contributed by atoms with Gasteiger partial charge < -0.3 is 20.3 Å². The second-order valence-corrected chi connectivity index (χ2v) is 10.8. The largest absolute Gasteiger partial charge is 0.573 e. The Labute approximate surface area is 246 Å². The van der Waals surface area contributed by atoms with E-state index in [1.165, 1.54) is 35.3 Å². The number of halogens is 4. The molecule has 14 heteroatoms. The fraction of sp³-hybridized carbons (Fsp3) is 0.407. The minimum absolute atomic E-state index is 0.192. The smallest absolute Gasteiger partial charge is 0.406 e. The standard InChI is InChI=1S/C27H31ClF3N7O2S/c1-17(2)22-8-3-19(28)15-23(22)34-26(41)35-25(39)32-12-9-18-10-13-37(14-11-18)24-33-16-38(36-24)20-4-6-21(7-5-20)40-27(29,30)31/h3-8,15-18H,9-14H2,1-2H3,(H3,32,34,35,39,41). The summed E-state index contributed by atoms with van der Waals surface area (Å²) in [7, 11) is 0. The minimum atomic E-state index is -4.74. The van der Waals surface area contributed by atoms with E-state index in [2.05, 4.69) is 49.5 Å². The highest BCUT2D eigenvalue weighted by Gasteiger charge is 2.31. The van der Waals surface area contributed by atoms with Crippen molar-refractivity contribution in [1.29, 1.82) is 0 Å². The summed E-state index contributed by atoms with van der Waals surface area (Å²) in [5.74, 6) is 0.942. The van der Waals surface area contributed by atoms with Crippen LogP contribution in [0.5, 0.6) is 5.75 Å². The Kier molecular flexibility index (Phi) is 9.92. The average Bonchev–Trinajstić information content (AvgIpc) is 3.39. The first-order valence-corrected chi connectivity index (χ1v) is 13.9. The van der Waals surface area contributed by atoms with Crippen LogP contribution in [0.4, 0.5) is 29.6 Å². The lowest BCUT2D eigenvalue weighted by Gasteiger charge is -2.31. The van der Waals surface area contributed by atoms with Crippen LogP contribution in [-0.4, -0.2) is 51.9 Å². The molecule has 1 saturated heterocycles. The number of urea groups is 1. The van der Waals surface area contributed by atoms with Crippen LogP contribution < -0.4 is 25.6 Å². The summed E-state index contributed by atoms with van der Waals surface area (Å²) >= 11 is 11.4. The van der Waals surface area contributed by atoms with Gasteiger partial charge in [0.25, 0.3) is 0 Å².